The van der Waals surface area contributed by atoms with E-state index in [9.17, 15) is 0 Å². The molecule has 0 spiro atoms. The van der Waals surface area contributed by atoms with Crippen molar-refractivity contribution in [3.05, 3.63) is 51.0 Å². The lowest BCUT2D eigenvalue weighted by Gasteiger charge is -2.04. The van der Waals surface area contributed by atoms with Gasteiger partial charge in [-0.3, -0.25) is 5.10 Å². The average molecular weight is 453 g/mol. The minimum absolute atomic E-state index is 0.249. The van der Waals surface area contributed by atoms with Gasteiger partial charge in [0.2, 0.25) is 10.6 Å². The topological polar surface area (TPSA) is 92.3 Å². The summed E-state index contributed by atoms with van der Waals surface area (Å²) < 4.78 is 0. The first-order valence-corrected chi connectivity index (χ1v) is 10.7. The molecule has 5 rings (SSSR count). The maximum atomic E-state index is 5.93. The Bertz CT molecular complexity index is 979. The van der Waals surface area contributed by atoms with Crippen molar-refractivity contribution in [1.82, 2.24) is 30.1 Å². The van der Waals surface area contributed by atoms with E-state index < -0.39 is 0 Å². The van der Waals surface area contributed by atoms with Crippen molar-refractivity contribution in [1.29, 1.82) is 0 Å². The molecule has 2 aliphatic rings. The van der Waals surface area contributed by atoms with E-state index >= 15 is 0 Å². The maximum Gasteiger partial charge on any atom is 0.224 e. The van der Waals surface area contributed by atoms with Crippen molar-refractivity contribution >= 4 is 46.4 Å². The molecule has 0 atom stereocenters. The summed E-state index contributed by atoms with van der Waals surface area (Å²) in [6, 6.07) is 5.70. The van der Waals surface area contributed by atoms with Crippen molar-refractivity contribution in [2.24, 2.45) is 0 Å². The van der Waals surface area contributed by atoms with Gasteiger partial charge in [0.1, 0.15) is 11.0 Å². The van der Waals surface area contributed by atoms with Gasteiger partial charge in [0.05, 0.1) is 5.69 Å². The van der Waals surface area contributed by atoms with Gasteiger partial charge in [0.25, 0.3) is 0 Å². The first-order valence-electron chi connectivity index (χ1n) is 9.56. The van der Waals surface area contributed by atoms with Gasteiger partial charge in [0.15, 0.2) is 5.82 Å². The number of hydrogen-bond donors (Lipinski definition) is 2. The first-order chi connectivity index (χ1) is 14.0. The number of nitrogens with zero attached hydrogens (tertiary/aromatic N) is 5. The predicted molar refractivity (Wildman–Crippen MR) is 114 cm³/mol. The normalized spacial score (nSPS) is 15.6. The Balaban J connectivity index is 0.000000159. The lowest BCUT2D eigenvalue weighted by atomic mass is 10.3. The Morgan fingerprint density at radius 2 is 1.48 bits per heavy atom. The molecule has 0 amide bonds. The van der Waals surface area contributed by atoms with Crippen LogP contribution in [0, 0.1) is 0 Å². The molecule has 29 heavy (non-hydrogen) atoms. The molecule has 2 aliphatic carbocycles. The Morgan fingerprint density at radius 3 is 2.03 bits per heavy atom. The largest absolute Gasteiger partial charge is 0.323 e. The molecule has 2 N–H and O–H groups in total. The van der Waals surface area contributed by atoms with Crippen LogP contribution < -0.4 is 5.32 Å². The summed E-state index contributed by atoms with van der Waals surface area (Å²) in [6.07, 6.45) is 5.70. The third-order valence-corrected chi connectivity index (χ3v) is 5.20. The number of aryl methyl sites for hydroxylation is 1. The summed E-state index contributed by atoms with van der Waals surface area (Å²) in [5.41, 5.74) is 3.08. The van der Waals surface area contributed by atoms with Crippen LogP contribution in [-0.4, -0.2) is 30.1 Å². The second kappa shape index (κ2) is 8.81. The van der Waals surface area contributed by atoms with E-state index in [1.807, 2.05) is 12.1 Å². The van der Waals surface area contributed by atoms with Crippen LogP contribution in [0.25, 0.3) is 0 Å². The highest BCUT2D eigenvalue weighted by Crippen LogP contribution is 2.40. The molecule has 0 unspecified atom stereocenters. The fraction of sp³-hybridized carbons (Fsp3) is 0.421. The summed E-state index contributed by atoms with van der Waals surface area (Å²) in [5, 5.41) is 11.2. The van der Waals surface area contributed by atoms with Crippen molar-refractivity contribution < 1.29 is 0 Å². The standard InChI is InChI=1S/C12H14ClN5.C7H6Cl2N2/c1-2-8-5-11(18-17-8)15-10-6-9(7-3-4-7)14-12(13)16-10;8-6-3-5(4-1-2-4)10-7(9)11-6/h5-7H,2-4H2,1H3,(H2,14,15,16,17,18);3-4H,1-2H2. The highest BCUT2D eigenvalue weighted by molar-refractivity contribution is 6.31. The number of rotatable bonds is 5. The lowest BCUT2D eigenvalue weighted by Crippen LogP contribution is -1.98. The zero-order valence-electron chi connectivity index (χ0n) is 15.8. The monoisotopic (exact) mass is 451 g/mol. The quantitative estimate of drug-likeness (QED) is 0.381. The highest BCUT2D eigenvalue weighted by atomic mass is 35.5. The summed E-state index contributed by atoms with van der Waals surface area (Å²) in [5.74, 6) is 2.58. The van der Waals surface area contributed by atoms with Gasteiger partial charge < -0.3 is 5.32 Å². The number of aromatic amines is 1. The predicted octanol–water partition coefficient (Wildman–Crippen LogP) is 5.70. The minimum Gasteiger partial charge on any atom is -0.323 e. The SMILES string of the molecule is CCc1cc(Nc2cc(C3CC3)nc(Cl)n2)n[nH]1.Clc1cc(C2CC2)nc(Cl)n1. The lowest BCUT2D eigenvalue weighted by molar-refractivity contribution is 0.972. The molecular weight excluding hydrogens is 433 g/mol. The third-order valence-electron chi connectivity index (χ3n) is 4.67. The zero-order chi connectivity index (χ0) is 20.4. The maximum absolute atomic E-state index is 5.93. The molecule has 0 aliphatic heterocycles. The van der Waals surface area contributed by atoms with Crippen molar-refractivity contribution in [2.45, 2.75) is 50.9 Å². The van der Waals surface area contributed by atoms with Crippen LogP contribution in [0.5, 0.6) is 0 Å². The van der Waals surface area contributed by atoms with E-state index in [0.29, 0.717) is 22.8 Å². The van der Waals surface area contributed by atoms with E-state index in [1.165, 1.54) is 25.7 Å². The summed E-state index contributed by atoms with van der Waals surface area (Å²) in [6.45, 7) is 2.07. The minimum atomic E-state index is 0.249. The summed E-state index contributed by atoms with van der Waals surface area (Å²) in [4.78, 5) is 16.2. The fourth-order valence-corrected chi connectivity index (χ4v) is 3.43. The number of halogens is 3. The molecule has 152 valence electrons. The van der Waals surface area contributed by atoms with Gasteiger partial charge >= 0.3 is 0 Å². The van der Waals surface area contributed by atoms with Crippen LogP contribution in [0.4, 0.5) is 11.6 Å². The molecular formula is C19H20Cl3N7. The first kappa shape index (κ1) is 20.3. The number of H-pyrrole nitrogens is 1. The van der Waals surface area contributed by atoms with Crippen LogP contribution in [0.15, 0.2) is 18.2 Å². The molecule has 3 heterocycles. The van der Waals surface area contributed by atoms with Gasteiger partial charge in [-0.05, 0) is 61.4 Å². The van der Waals surface area contributed by atoms with Gasteiger partial charge in [-0.1, -0.05) is 18.5 Å². The fourth-order valence-electron chi connectivity index (χ4n) is 2.82. The van der Waals surface area contributed by atoms with Crippen molar-refractivity contribution in [3.8, 4) is 0 Å². The van der Waals surface area contributed by atoms with E-state index in [0.717, 1.165) is 29.3 Å². The van der Waals surface area contributed by atoms with E-state index in [4.69, 9.17) is 34.8 Å². The molecule has 0 aromatic carbocycles. The van der Waals surface area contributed by atoms with Crippen LogP contribution >= 0.6 is 34.8 Å². The average Bonchev–Trinajstić information content (AvgIpc) is 3.59. The molecule has 2 saturated carbocycles. The van der Waals surface area contributed by atoms with Gasteiger partial charge in [-0.2, -0.15) is 5.10 Å². The molecule has 0 bridgehead atoms. The van der Waals surface area contributed by atoms with Gasteiger partial charge in [-0.15, -0.1) is 0 Å². The second-order valence-corrected chi connectivity index (χ2v) is 8.20. The molecule has 3 aromatic heterocycles. The van der Waals surface area contributed by atoms with E-state index in [2.05, 4.69) is 42.4 Å². The zero-order valence-corrected chi connectivity index (χ0v) is 18.1. The molecule has 7 nitrogen and oxygen atoms in total. The van der Waals surface area contributed by atoms with Crippen LogP contribution in [0.3, 0.4) is 0 Å². The molecule has 0 radical (unpaired) electrons. The Hall–Kier alpha value is -1.96. The number of nitrogens with one attached hydrogen (secondary N) is 2. The Kier molecular flexibility index (Phi) is 6.18. The number of anilines is 2. The van der Waals surface area contributed by atoms with E-state index in [-0.39, 0.29) is 10.6 Å². The summed E-state index contributed by atoms with van der Waals surface area (Å²) >= 11 is 17.2. The Labute approximate surface area is 183 Å². The van der Waals surface area contributed by atoms with Crippen molar-refractivity contribution in [2.75, 3.05) is 5.32 Å². The Morgan fingerprint density at radius 1 is 0.862 bits per heavy atom. The number of hydrogen-bond acceptors (Lipinski definition) is 6. The van der Waals surface area contributed by atoms with Crippen molar-refractivity contribution in [3.63, 3.8) is 0 Å². The van der Waals surface area contributed by atoms with Crippen LogP contribution in [-0.2, 0) is 6.42 Å². The smallest absolute Gasteiger partial charge is 0.224 e. The van der Waals surface area contributed by atoms with Gasteiger partial charge in [0, 0.05) is 35.4 Å². The molecule has 2 fully saturated rings. The molecule has 10 heteroatoms. The third kappa shape index (κ3) is 5.78. The molecule has 3 aromatic rings. The van der Waals surface area contributed by atoms with Crippen LogP contribution in [0.2, 0.25) is 15.7 Å². The highest BCUT2D eigenvalue weighted by Gasteiger charge is 2.26. The second-order valence-electron chi connectivity index (χ2n) is 7.14. The van der Waals surface area contributed by atoms with E-state index in [1.54, 1.807) is 6.07 Å². The summed E-state index contributed by atoms with van der Waals surface area (Å²) in [7, 11) is 0. The van der Waals surface area contributed by atoms with Crippen LogP contribution in [0.1, 0.15) is 61.5 Å². The number of aromatic nitrogens is 6. The molecule has 0 saturated heterocycles. The van der Waals surface area contributed by atoms with Gasteiger partial charge in [-0.25, -0.2) is 19.9 Å².